The largest absolute Gasteiger partial charge is 0.479 e. The molecule has 2 unspecified atom stereocenters. The van der Waals surface area contributed by atoms with Crippen molar-refractivity contribution < 1.29 is 14.3 Å². The molecule has 2 rings (SSSR count). The Morgan fingerprint density at radius 1 is 1.63 bits per heavy atom. The number of rotatable bonds is 4. The molecule has 1 aromatic rings. The number of nitrogens with one attached hydrogen (secondary N) is 1. The summed E-state index contributed by atoms with van der Waals surface area (Å²) >= 11 is 0. The number of ether oxygens (including phenoxy) is 2. The second kappa shape index (κ2) is 6.21. The molecular formula is C14H16N2O3. The van der Waals surface area contributed by atoms with Crippen LogP contribution in [0.5, 0.6) is 5.75 Å². The second-order valence-corrected chi connectivity index (χ2v) is 4.52. The van der Waals surface area contributed by atoms with Gasteiger partial charge in [0.1, 0.15) is 17.9 Å². The number of benzene rings is 1. The minimum absolute atomic E-state index is 0.0137. The van der Waals surface area contributed by atoms with Gasteiger partial charge >= 0.3 is 0 Å². The smallest absolute Gasteiger partial charge is 0.253 e. The maximum absolute atomic E-state index is 12.0. The number of hydrogen-bond acceptors (Lipinski definition) is 4. The van der Waals surface area contributed by atoms with Crippen molar-refractivity contribution in [2.75, 3.05) is 18.5 Å². The monoisotopic (exact) mass is 260 g/mol. The van der Waals surface area contributed by atoms with Crippen LogP contribution in [0.3, 0.4) is 0 Å². The van der Waals surface area contributed by atoms with Crippen LogP contribution in [0.2, 0.25) is 0 Å². The zero-order valence-corrected chi connectivity index (χ0v) is 10.8. The molecule has 1 fully saturated rings. The summed E-state index contributed by atoms with van der Waals surface area (Å²) in [4.78, 5) is 12.0. The molecule has 2 atom stereocenters. The van der Waals surface area contributed by atoms with Crippen molar-refractivity contribution in [3.8, 4) is 11.8 Å². The van der Waals surface area contributed by atoms with Crippen LogP contribution in [0.25, 0.3) is 0 Å². The van der Waals surface area contributed by atoms with Crippen LogP contribution in [0.4, 0.5) is 5.69 Å². The van der Waals surface area contributed by atoms with Gasteiger partial charge in [-0.2, -0.15) is 5.26 Å². The van der Waals surface area contributed by atoms with Crippen molar-refractivity contribution >= 4 is 11.6 Å². The standard InChI is InChI=1S/C14H16N2O3/c1-10-5-7-19-13(10)14(17)16-11-3-2-4-12(9-11)18-8-6-15/h2-4,9-10,13H,5,7-8H2,1H3,(H,16,17). The highest BCUT2D eigenvalue weighted by Gasteiger charge is 2.30. The van der Waals surface area contributed by atoms with Gasteiger partial charge in [-0.15, -0.1) is 0 Å². The summed E-state index contributed by atoms with van der Waals surface area (Å²) in [7, 11) is 0. The lowest BCUT2D eigenvalue weighted by molar-refractivity contribution is -0.126. The molecule has 19 heavy (non-hydrogen) atoms. The fraction of sp³-hybridized carbons (Fsp3) is 0.429. The number of hydrogen-bond donors (Lipinski definition) is 1. The van der Waals surface area contributed by atoms with Crippen molar-refractivity contribution in [3.05, 3.63) is 24.3 Å². The number of amides is 1. The third-order valence-electron chi connectivity index (χ3n) is 3.05. The summed E-state index contributed by atoms with van der Waals surface area (Å²) in [6.45, 7) is 2.62. The molecule has 0 aromatic heterocycles. The van der Waals surface area contributed by atoms with Crippen LogP contribution in [0.15, 0.2) is 24.3 Å². The van der Waals surface area contributed by atoms with Gasteiger partial charge < -0.3 is 14.8 Å². The predicted octanol–water partition coefficient (Wildman–Crippen LogP) is 1.95. The average Bonchev–Trinajstić information content (AvgIpc) is 2.83. The number of carbonyl (C=O) groups excluding carboxylic acids is 1. The molecule has 1 amide bonds. The van der Waals surface area contributed by atoms with Gasteiger partial charge in [0.25, 0.3) is 5.91 Å². The second-order valence-electron chi connectivity index (χ2n) is 4.52. The first-order valence-electron chi connectivity index (χ1n) is 6.23. The Hall–Kier alpha value is -2.06. The van der Waals surface area contributed by atoms with Crippen LogP contribution < -0.4 is 10.1 Å². The van der Waals surface area contributed by atoms with Gasteiger partial charge in [-0.05, 0) is 24.5 Å². The Morgan fingerprint density at radius 2 is 2.47 bits per heavy atom. The minimum Gasteiger partial charge on any atom is -0.479 e. The fourth-order valence-corrected chi connectivity index (χ4v) is 2.02. The van der Waals surface area contributed by atoms with Gasteiger partial charge in [-0.1, -0.05) is 13.0 Å². The van der Waals surface area contributed by atoms with E-state index < -0.39 is 0 Å². The molecule has 0 saturated carbocycles. The molecular weight excluding hydrogens is 244 g/mol. The van der Waals surface area contributed by atoms with Crippen LogP contribution in [0.1, 0.15) is 13.3 Å². The van der Waals surface area contributed by atoms with E-state index in [9.17, 15) is 4.79 Å². The lowest BCUT2D eigenvalue weighted by Gasteiger charge is -2.14. The van der Waals surface area contributed by atoms with Gasteiger partial charge in [-0.3, -0.25) is 4.79 Å². The predicted molar refractivity (Wildman–Crippen MR) is 69.7 cm³/mol. The lowest BCUT2D eigenvalue weighted by Crippen LogP contribution is -2.31. The number of anilines is 1. The zero-order chi connectivity index (χ0) is 13.7. The molecule has 0 spiro atoms. The topological polar surface area (TPSA) is 71.3 Å². The number of nitriles is 1. The van der Waals surface area contributed by atoms with Crippen molar-refractivity contribution in [1.82, 2.24) is 0 Å². The minimum atomic E-state index is -0.385. The molecule has 100 valence electrons. The van der Waals surface area contributed by atoms with Gasteiger partial charge in [-0.25, -0.2) is 0 Å². The van der Waals surface area contributed by atoms with E-state index >= 15 is 0 Å². The number of nitrogens with zero attached hydrogens (tertiary/aromatic N) is 1. The molecule has 0 bridgehead atoms. The summed E-state index contributed by atoms with van der Waals surface area (Å²) in [5, 5.41) is 11.3. The zero-order valence-electron chi connectivity index (χ0n) is 10.8. The maximum Gasteiger partial charge on any atom is 0.253 e. The van der Waals surface area contributed by atoms with Crippen molar-refractivity contribution in [3.63, 3.8) is 0 Å². The third-order valence-corrected chi connectivity index (χ3v) is 3.05. The third kappa shape index (κ3) is 3.46. The summed E-state index contributed by atoms with van der Waals surface area (Å²) in [6.07, 6.45) is 0.521. The van der Waals surface area contributed by atoms with E-state index in [1.54, 1.807) is 24.3 Å². The average molecular weight is 260 g/mol. The highest BCUT2D eigenvalue weighted by atomic mass is 16.5. The van der Waals surface area contributed by atoms with Crippen LogP contribution in [0, 0.1) is 17.2 Å². The van der Waals surface area contributed by atoms with Gasteiger partial charge in [0.2, 0.25) is 0 Å². The van der Waals surface area contributed by atoms with Gasteiger partial charge in [0.15, 0.2) is 6.61 Å². The SMILES string of the molecule is CC1CCOC1C(=O)Nc1cccc(OCC#N)c1. The molecule has 1 aliphatic rings. The van der Waals surface area contributed by atoms with E-state index in [2.05, 4.69) is 5.32 Å². The quantitative estimate of drug-likeness (QED) is 0.898. The van der Waals surface area contributed by atoms with E-state index in [0.29, 0.717) is 18.0 Å². The van der Waals surface area contributed by atoms with Crippen LogP contribution in [-0.4, -0.2) is 25.2 Å². The Balaban J connectivity index is 1.98. The van der Waals surface area contributed by atoms with Gasteiger partial charge in [0.05, 0.1) is 0 Å². The van der Waals surface area contributed by atoms with Crippen molar-refractivity contribution in [1.29, 1.82) is 5.26 Å². The highest BCUT2D eigenvalue weighted by molar-refractivity contribution is 5.94. The van der Waals surface area contributed by atoms with Crippen molar-refractivity contribution in [2.45, 2.75) is 19.4 Å². The fourth-order valence-electron chi connectivity index (χ4n) is 2.02. The lowest BCUT2D eigenvalue weighted by atomic mass is 10.0. The maximum atomic E-state index is 12.0. The first-order valence-corrected chi connectivity index (χ1v) is 6.23. The molecule has 5 nitrogen and oxygen atoms in total. The summed E-state index contributed by atoms with van der Waals surface area (Å²) in [6, 6.07) is 8.86. The molecule has 1 N–H and O–H groups in total. The number of carbonyl (C=O) groups is 1. The van der Waals surface area contributed by atoms with Crippen molar-refractivity contribution in [2.24, 2.45) is 5.92 Å². The van der Waals surface area contributed by atoms with Crippen LogP contribution >= 0.6 is 0 Å². The summed E-state index contributed by atoms with van der Waals surface area (Å²) < 4.78 is 10.6. The molecule has 0 aliphatic carbocycles. The summed E-state index contributed by atoms with van der Waals surface area (Å²) in [5.74, 6) is 0.653. The van der Waals surface area contributed by atoms with Crippen LogP contribution in [-0.2, 0) is 9.53 Å². The Bertz CT molecular complexity index is 496. The Kier molecular flexibility index (Phi) is 4.37. The Morgan fingerprint density at radius 3 is 3.16 bits per heavy atom. The molecule has 1 saturated heterocycles. The molecule has 5 heteroatoms. The van der Waals surface area contributed by atoms with E-state index in [1.807, 2.05) is 13.0 Å². The normalized spacial score (nSPS) is 21.7. The molecule has 1 aliphatic heterocycles. The molecule has 0 radical (unpaired) electrons. The highest BCUT2D eigenvalue weighted by Crippen LogP contribution is 2.23. The first-order chi connectivity index (χ1) is 9.20. The van der Waals surface area contributed by atoms with Gasteiger partial charge in [0, 0.05) is 18.4 Å². The first kappa shape index (κ1) is 13.4. The Labute approximate surface area is 112 Å². The van der Waals surface area contributed by atoms with E-state index in [-0.39, 0.29) is 24.5 Å². The summed E-state index contributed by atoms with van der Waals surface area (Å²) in [5.41, 5.74) is 0.642. The van der Waals surface area contributed by atoms with E-state index in [0.717, 1.165) is 6.42 Å². The molecule has 1 heterocycles. The molecule has 1 aromatic carbocycles. The van der Waals surface area contributed by atoms with E-state index in [4.69, 9.17) is 14.7 Å². The van der Waals surface area contributed by atoms with E-state index in [1.165, 1.54) is 0 Å².